The second kappa shape index (κ2) is 9.96. The van der Waals surface area contributed by atoms with Crippen LogP contribution in [-0.4, -0.2) is 62.6 Å². The maximum Gasteiger partial charge on any atom is 0.453 e. The van der Waals surface area contributed by atoms with E-state index < -0.39 is 12.0 Å². The lowest BCUT2D eigenvalue weighted by atomic mass is 9.88. The van der Waals surface area contributed by atoms with Gasteiger partial charge in [-0.2, -0.15) is 22.9 Å². The van der Waals surface area contributed by atoms with E-state index in [0.717, 1.165) is 62.1 Å². The lowest BCUT2D eigenvalue weighted by molar-refractivity contribution is -0.147. The Morgan fingerprint density at radius 3 is 2.31 bits per heavy atom. The molecule has 1 aromatic carbocycles. The largest absolute Gasteiger partial charge is 0.453 e. The van der Waals surface area contributed by atoms with Crippen molar-refractivity contribution in [2.75, 3.05) is 26.2 Å². The van der Waals surface area contributed by atoms with Crippen molar-refractivity contribution < 1.29 is 18.0 Å². The number of benzene rings is 1. The molecule has 1 aromatic heterocycles. The standard InChI is InChI=1S/C26H29F3N6O/c1-18(36)33-14-10-20(11-15-33)3-2-19-4-6-21(7-5-19)22-12-16-34(17-13-22)24-9-8-23-30-31-25(26(27,28)29)35(23)32-24/h4-7,20,22H,8-17H2,1H3. The molecule has 190 valence electrons. The highest BCUT2D eigenvalue weighted by Gasteiger charge is 2.40. The zero-order valence-corrected chi connectivity index (χ0v) is 20.3. The summed E-state index contributed by atoms with van der Waals surface area (Å²) in [5.41, 5.74) is 2.26. The summed E-state index contributed by atoms with van der Waals surface area (Å²) >= 11 is 0. The van der Waals surface area contributed by atoms with Gasteiger partial charge in [-0.15, -0.1) is 10.2 Å². The first-order chi connectivity index (χ1) is 17.3. The van der Waals surface area contributed by atoms with Gasteiger partial charge >= 0.3 is 6.18 Å². The van der Waals surface area contributed by atoms with Gasteiger partial charge in [0.25, 0.3) is 5.82 Å². The Morgan fingerprint density at radius 1 is 0.972 bits per heavy atom. The third-order valence-corrected chi connectivity index (χ3v) is 7.35. The number of carbonyl (C=O) groups excluding carboxylic acids is 1. The van der Waals surface area contributed by atoms with Crippen molar-refractivity contribution in [3.05, 3.63) is 47.0 Å². The van der Waals surface area contributed by atoms with E-state index in [1.165, 1.54) is 5.56 Å². The first kappa shape index (κ1) is 24.3. The molecule has 0 bridgehead atoms. The topological polar surface area (TPSA) is 66.6 Å². The molecule has 0 saturated carbocycles. The van der Waals surface area contributed by atoms with Crippen LogP contribution in [0.2, 0.25) is 0 Å². The fraction of sp³-hybridized carbons (Fsp3) is 0.538. The SMILES string of the molecule is CC(=O)N1CCC(C#Cc2ccc(C3CCN(C4=Nn5c(nnc5C(F)(F)F)CC4)CC3)cc2)CC1. The highest BCUT2D eigenvalue weighted by atomic mass is 19.4. The fourth-order valence-electron chi connectivity index (χ4n) is 5.19. The number of halogens is 3. The number of fused-ring (bicyclic) bond motifs is 1. The molecule has 0 radical (unpaired) electrons. The van der Waals surface area contributed by atoms with Crippen molar-refractivity contribution >= 4 is 11.7 Å². The van der Waals surface area contributed by atoms with Gasteiger partial charge in [0, 0.05) is 57.4 Å². The van der Waals surface area contributed by atoms with E-state index in [1.807, 2.05) is 4.90 Å². The second-order valence-electron chi connectivity index (χ2n) is 9.70. The van der Waals surface area contributed by atoms with E-state index >= 15 is 0 Å². The minimum absolute atomic E-state index is 0.134. The number of piperidine rings is 2. The normalized spacial score (nSPS) is 19.4. The van der Waals surface area contributed by atoms with E-state index in [9.17, 15) is 18.0 Å². The van der Waals surface area contributed by atoms with Crippen LogP contribution in [-0.2, 0) is 17.4 Å². The van der Waals surface area contributed by atoms with Crippen molar-refractivity contribution in [3.8, 4) is 11.8 Å². The maximum atomic E-state index is 13.2. The molecular formula is C26H29F3N6O. The van der Waals surface area contributed by atoms with Crippen molar-refractivity contribution in [2.45, 2.75) is 57.5 Å². The van der Waals surface area contributed by atoms with Gasteiger partial charge in [-0.25, -0.2) is 0 Å². The lowest BCUT2D eigenvalue weighted by Gasteiger charge is -2.35. The summed E-state index contributed by atoms with van der Waals surface area (Å²) in [6.45, 7) is 4.68. The van der Waals surface area contributed by atoms with Gasteiger partial charge in [0.05, 0.1) is 0 Å². The molecular weight excluding hydrogens is 469 g/mol. The number of rotatable bonds is 1. The number of carbonyl (C=O) groups is 1. The highest BCUT2D eigenvalue weighted by Crippen LogP contribution is 2.32. The molecule has 0 unspecified atom stereocenters. The predicted molar refractivity (Wildman–Crippen MR) is 128 cm³/mol. The summed E-state index contributed by atoms with van der Waals surface area (Å²) in [5, 5.41) is 11.2. The third-order valence-electron chi connectivity index (χ3n) is 7.35. The summed E-state index contributed by atoms with van der Waals surface area (Å²) in [7, 11) is 0. The van der Waals surface area contributed by atoms with Crippen molar-refractivity contribution in [3.63, 3.8) is 0 Å². The first-order valence-corrected chi connectivity index (χ1v) is 12.5. The van der Waals surface area contributed by atoms with Crippen LogP contribution in [0.15, 0.2) is 29.4 Å². The zero-order chi connectivity index (χ0) is 25.3. The molecule has 3 aliphatic rings. The lowest BCUT2D eigenvalue weighted by Crippen LogP contribution is -2.40. The third kappa shape index (κ3) is 5.25. The molecule has 1 amide bonds. The number of likely N-dealkylation sites (tertiary alicyclic amines) is 2. The molecule has 7 nitrogen and oxygen atoms in total. The molecule has 4 heterocycles. The first-order valence-electron chi connectivity index (χ1n) is 12.5. The summed E-state index contributed by atoms with van der Waals surface area (Å²) in [4.78, 5) is 15.4. The van der Waals surface area contributed by atoms with Crippen LogP contribution in [0.3, 0.4) is 0 Å². The molecule has 0 atom stereocenters. The van der Waals surface area contributed by atoms with Crippen LogP contribution in [0.25, 0.3) is 0 Å². The quantitative estimate of drug-likeness (QED) is 0.560. The van der Waals surface area contributed by atoms with Gasteiger partial charge in [0.2, 0.25) is 5.91 Å². The summed E-state index contributed by atoms with van der Waals surface area (Å²) in [5.74, 6) is 7.39. The number of amides is 1. The number of amidine groups is 1. The van der Waals surface area contributed by atoms with Crippen LogP contribution in [0.1, 0.15) is 67.7 Å². The van der Waals surface area contributed by atoms with Crippen molar-refractivity contribution in [1.29, 1.82) is 0 Å². The Balaban J connectivity index is 1.16. The van der Waals surface area contributed by atoms with Crippen LogP contribution in [0.5, 0.6) is 0 Å². The minimum atomic E-state index is -4.58. The van der Waals surface area contributed by atoms with Gasteiger partial charge in [0.15, 0.2) is 5.82 Å². The molecule has 10 heteroatoms. The van der Waals surface area contributed by atoms with E-state index in [1.54, 1.807) is 6.92 Å². The Hall–Kier alpha value is -3.35. The number of aryl methyl sites for hydroxylation is 1. The predicted octanol–water partition coefficient (Wildman–Crippen LogP) is 3.89. The van der Waals surface area contributed by atoms with Crippen LogP contribution in [0, 0.1) is 17.8 Å². The summed E-state index contributed by atoms with van der Waals surface area (Å²) in [6, 6.07) is 8.41. The molecule has 0 aliphatic carbocycles. The van der Waals surface area contributed by atoms with E-state index in [-0.39, 0.29) is 11.7 Å². The van der Waals surface area contributed by atoms with Gasteiger partial charge in [-0.3, -0.25) is 4.79 Å². The van der Waals surface area contributed by atoms with Gasteiger partial charge < -0.3 is 9.80 Å². The fourth-order valence-corrected chi connectivity index (χ4v) is 5.19. The van der Waals surface area contributed by atoms with Crippen molar-refractivity contribution in [2.24, 2.45) is 11.0 Å². The molecule has 2 saturated heterocycles. The summed E-state index contributed by atoms with van der Waals surface area (Å²) in [6.07, 6.45) is 0.0745. The molecule has 2 aromatic rings. The van der Waals surface area contributed by atoms with Crippen LogP contribution >= 0.6 is 0 Å². The molecule has 2 fully saturated rings. The Morgan fingerprint density at radius 2 is 1.67 bits per heavy atom. The van der Waals surface area contributed by atoms with Crippen LogP contribution < -0.4 is 0 Å². The zero-order valence-electron chi connectivity index (χ0n) is 20.3. The van der Waals surface area contributed by atoms with Gasteiger partial charge in [-0.1, -0.05) is 24.0 Å². The smallest absolute Gasteiger partial charge is 0.359 e. The van der Waals surface area contributed by atoms with E-state index in [0.29, 0.717) is 30.5 Å². The Kier molecular flexibility index (Phi) is 6.73. The molecule has 36 heavy (non-hydrogen) atoms. The Labute approximate surface area is 208 Å². The molecule has 0 N–H and O–H groups in total. The maximum absolute atomic E-state index is 13.2. The number of aromatic nitrogens is 3. The van der Waals surface area contributed by atoms with Crippen LogP contribution in [0.4, 0.5) is 13.2 Å². The monoisotopic (exact) mass is 498 g/mol. The van der Waals surface area contributed by atoms with Gasteiger partial charge in [-0.05, 0) is 49.3 Å². The Bertz CT molecular complexity index is 1190. The highest BCUT2D eigenvalue weighted by molar-refractivity contribution is 5.83. The molecule has 0 spiro atoms. The molecule has 5 rings (SSSR count). The molecule has 3 aliphatic heterocycles. The number of hydrogen-bond acceptors (Lipinski definition) is 5. The van der Waals surface area contributed by atoms with Gasteiger partial charge in [0.1, 0.15) is 5.84 Å². The number of nitrogens with zero attached hydrogens (tertiary/aromatic N) is 6. The summed E-state index contributed by atoms with van der Waals surface area (Å²) < 4.78 is 40.5. The minimum Gasteiger partial charge on any atom is -0.359 e. The average molecular weight is 499 g/mol. The second-order valence-corrected chi connectivity index (χ2v) is 9.70. The van der Waals surface area contributed by atoms with E-state index in [2.05, 4.69) is 56.3 Å². The average Bonchev–Trinajstić information content (AvgIpc) is 3.32. The van der Waals surface area contributed by atoms with E-state index in [4.69, 9.17) is 0 Å². The van der Waals surface area contributed by atoms with Crippen molar-refractivity contribution in [1.82, 2.24) is 24.7 Å². The number of alkyl halides is 3. The number of hydrogen-bond donors (Lipinski definition) is 0.